The van der Waals surface area contributed by atoms with Crippen molar-refractivity contribution in [2.75, 3.05) is 54.4 Å². The lowest BCUT2D eigenvalue weighted by molar-refractivity contribution is -0.0593. The largest absolute Gasteiger partial charge is 0.446 e. The quantitative estimate of drug-likeness (QED) is 0.101. The number of unbranched alkanes of at least 4 members (excludes halogenated alkanes) is 5. The van der Waals surface area contributed by atoms with Crippen LogP contribution < -0.4 is 0 Å². The molecule has 5 heteroatoms. The summed E-state index contributed by atoms with van der Waals surface area (Å²) in [6.45, 7) is 16.5. The summed E-state index contributed by atoms with van der Waals surface area (Å²) in [7, 11) is 8.55. The number of rotatable bonds is 19. The van der Waals surface area contributed by atoms with Crippen molar-refractivity contribution in [2.45, 2.75) is 156 Å². The SMILES string of the molecule is CC(C)CCC[C@@H](C)C1CCC2C3CC=C4CC(OC(=O)N(CCCCCCCCN(C)C)CCCN(C)C)CCC4(C)C3CCC21C. The van der Waals surface area contributed by atoms with Crippen LogP contribution in [0.25, 0.3) is 0 Å². The van der Waals surface area contributed by atoms with E-state index in [1.807, 2.05) is 4.90 Å². The van der Waals surface area contributed by atoms with Crippen molar-refractivity contribution in [3.63, 3.8) is 0 Å². The van der Waals surface area contributed by atoms with Gasteiger partial charge in [0, 0.05) is 19.5 Å². The van der Waals surface area contributed by atoms with Gasteiger partial charge in [-0.15, -0.1) is 0 Å². The summed E-state index contributed by atoms with van der Waals surface area (Å²) < 4.78 is 6.37. The van der Waals surface area contributed by atoms with Crippen LogP contribution in [0.3, 0.4) is 0 Å². The van der Waals surface area contributed by atoms with Crippen molar-refractivity contribution in [3.05, 3.63) is 11.6 Å². The number of ether oxygens (including phenoxy) is 1. The first-order chi connectivity index (χ1) is 22.8. The first-order valence-electron chi connectivity index (χ1n) is 20.8. The fourth-order valence-electron chi connectivity index (χ4n) is 11.3. The highest BCUT2D eigenvalue weighted by molar-refractivity contribution is 5.67. The predicted molar refractivity (Wildman–Crippen MR) is 204 cm³/mol. The molecule has 0 aromatic carbocycles. The number of allylic oxidation sites excluding steroid dienone is 1. The lowest BCUT2D eigenvalue weighted by atomic mass is 9.47. The van der Waals surface area contributed by atoms with Gasteiger partial charge in [-0.1, -0.05) is 91.2 Å². The highest BCUT2D eigenvalue weighted by atomic mass is 16.6. The Labute approximate surface area is 298 Å². The van der Waals surface area contributed by atoms with Crippen LogP contribution in [0.2, 0.25) is 0 Å². The number of amides is 1. The van der Waals surface area contributed by atoms with E-state index in [4.69, 9.17) is 4.74 Å². The Morgan fingerprint density at radius 3 is 2.10 bits per heavy atom. The molecule has 0 aliphatic heterocycles. The number of fused-ring (bicyclic) bond motifs is 5. The molecule has 5 nitrogen and oxygen atoms in total. The van der Waals surface area contributed by atoms with Crippen LogP contribution in [0.1, 0.15) is 150 Å². The average molecular weight is 670 g/mol. The standard InChI is InChI=1S/C43H79N3O2/c1-33(2)18-16-19-34(3)38-22-23-39-37-21-20-35-32-36(24-26-42(35,4)40(37)25-27-43(38,39)5)48-41(47)46(31-17-29-45(8)9)30-15-13-11-10-12-14-28-44(6)7/h20,33-34,36-40H,10-19,21-32H2,1-9H3/t34-,36?,37?,38?,39?,40?,42?,43?/m1/s1. The van der Waals surface area contributed by atoms with Crippen molar-refractivity contribution in [2.24, 2.45) is 46.3 Å². The van der Waals surface area contributed by atoms with Gasteiger partial charge in [0.25, 0.3) is 0 Å². The maximum absolute atomic E-state index is 13.6. The second-order valence-electron chi connectivity index (χ2n) is 18.6. The van der Waals surface area contributed by atoms with Gasteiger partial charge in [0.15, 0.2) is 0 Å². The fourth-order valence-corrected chi connectivity index (χ4v) is 11.3. The first-order valence-corrected chi connectivity index (χ1v) is 20.8. The summed E-state index contributed by atoms with van der Waals surface area (Å²) in [5, 5.41) is 0. The molecule has 0 bridgehead atoms. The first kappa shape index (κ1) is 39.7. The molecule has 0 N–H and O–H groups in total. The van der Waals surface area contributed by atoms with E-state index >= 15 is 0 Å². The molecule has 0 spiro atoms. The van der Waals surface area contributed by atoms with Gasteiger partial charge in [0.2, 0.25) is 0 Å². The van der Waals surface area contributed by atoms with Crippen LogP contribution >= 0.6 is 0 Å². The van der Waals surface area contributed by atoms with E-state index < -0.39 is 0 Å². The molecule has 0 aromatic rings. The van der Waals surface area contributed by atoms with Crippen molar-refractivity contribution in [1.29, 1.82) is 0 Å². The van der Waals surface area contributed by atoms with Gasteiger partial charge < -0.3 is 19.4 Å². The van der Waals surface area contributed by atoms with Crippen LogP contribution in [0.4, 0.5) is 4.79 Å². The molecular formula is C43H79N3O2. The van der Waals surface area contributed by atoms with Gasteiger partial charge in [-0.25, -0.2) is 4.79 Å². The predicted octanol–water partition coefficient (Wildman–Crippen LogP) is 10.7. The third kappa shape index (κ3) is 10.3. The molecule has 0 saturated heterocycles. The third-order valence-electron chi connectivity index (χ3n) is 14.1. The number of carbonyl (C=O) groups excluding carboxylic acids is 1. The van der Waals surface area contributed by atoms with Crippen molar-refractivity contribution >= 4 is 6.09 Å². The van der Waals surface area contributed by atoms with E-state index in [1.165, 1.54) is 96.4 Å². The molecule has 4 rings (SSSR count). The van der Waals surface area contributed by atoms with E-state index in [9.17, 15) is 4.79 Å². The second-order valence-corrected chi connectivity index (χ2v) is 18.6. The van der Waals surface area contributed by atoms with Crippen LogP contribution in [0, 0.1) is 46.3 Å². The molecule has 48 heavy (non-hydrogen) atoms. The van der Waals surface area contributed by atoms with Crippen LogP contribution in [-0.2, 0) is 4.74 Å². The molecule has 4 aliphatic rings. The van der Waals surface area contributed by atoms with Gasteiger partial charge in [0.1, 0.15) is 6.10 Å². The minimum Gasteiger partial charge on any atom is -0.446 e. The minimum absolute atomic E-state index is 0.0397. The Balaban J connectivity index is 1.30. The molecule has 8 atom stereocenters. The Kier molecular flexibility index (Phi) is 15.2. The highest BCUT2D eigenvalue weighted by Crippen LogP contribution is 2.67. The summed E-state index contributed by atoms with van der Waals surface area (Å²) in [6.07, 6.45) is 25.5. The van der Waals surface area contributed by atoms with E-state index in [0.717, 1.165) is 80.8 Å². The Morgan fingerprint density at radius 2 is 1.42 bits per heavy atom. The van der Waals surface area contributed by atoms with Gasteiger partial charge in [-0.2, -0.15) is 0 Å². The summed E-state index contributed by atoms with van der Waals surface area (Å²) in [6, 6.07) is 0. The molecule has 0 aromatic heterocycles. The number of carbonyl (C=O) groups is 1. The topological polar surface area (TPSA) is 36.0 Å². The molecule has 7 unspecified atom stereocenters. The number of hydrogen-bond donors (Lipinski definition) is 0. The van der Waals surface area contributed by atoms with Gasteiger partial charge >= 0.3 is 6.09 Å². The van der Waals surface area contributed by atoms with Gasteiger partial charge in [0.05, 0.1) is 0 Å². The number of nitrogens with zero attached hydrogens (tertiary/aromatic N) is 3. The molecule has 278 valence electrons. The summed E-state index contributed by atoms with van der Waals surface area (Å²) in [4.78, 5) is 20.2. The Bertz CT molecular complexity index is 1010. The zero-order valence-corrected chi connectivity index (χ0v) is 33.3. The summed E-state index contributed by atoms with van der Waals surface area (Å²) in [5.74, 6) is 5.17. The van der Waals surface area contributed by atoms with E-state index in [2.05, 4.69) is 78.7 Å². The minimum atomic E-state index is -0.0597. The van der Waals surface area contributed by atoms with Crippen molar-refractivity contribution in [1.82, 2.24) is 14.7 Å². The van der Waals surface area contributed by atoms with Gasteiger partial charge in [-0.05, 0) is 152 Å². The molecule has 3 saturated carbocycles. The average Bonchev–Trinajstić information content (AvgIpc) is 3.38. The van der Waals surface area contributed by atoms with Crippen molar-refractivity contribution in [3.8, 4) is 0 Å². The lowest BCUT2D eigenvalue weighted by Crippen LogP contribution is -2.51. The van der Waals surface area contributed by atoms with Crippen LogP contribution in [-0.4, -0.2) is 81.3 Å². The molecule has 3 fully saturated rings. The fraction of sp³-hybridized carbons (Fsp3) is 0.930. The Hall–Kier alpha value is -1.07. The molecule has 0 heterocycles. The normalized spacial score (nSPS) is 32.2. The summed E-state index contributed by atoms with van der Waals surface area (Å²) in [5.41, 5.74) is 2.46. The zero-order chi connectivity index (χ0) is 34.9. The third-order valence-corrected chi connectivity index (χ3v) is 14.1. The van der Waals surface area contributed by atoms with E-state index in [1.54, 1.807) is 5.57 Å². The zero-order valence-electron chi connectivity index (χ0n) is 33.3. The molecule has 1 amide bonds. The van der Waals surface area contributed by atoms with Crippen LogP contribution in [0.5, 0.6) is 0 Å². The maximum atomic E-state index is 13.6. The highest BCUT2D eigenvalue weighted by Gasteiger charge is 2.59. The second kappa shape index (κ2) is 18.4. The Morgan fingerprint density at radius 1 is 0.771 bits per heavy atom. The molecule has 0 radical (unpaired) electrons. The maximum Gasteiger partial charge on any atom is 0.410 e. The van der Waals surface area contributed by atoms with Gasteiger partial charge in [-0.3, -0.25) is 0 Å². The molecular weight excluding hydrogens is 590 g/mol. The lowest BCUT2D eigenvalue weighted by Gasteiger charge is -2.58. The molecule has 4 aliphatic carbocycles. The van der Waals surface area contributed by atoms with Crippen molar-refractivity contribution < 1.29 is 9.53 Å². The number of hydrogen-bond acceptors (Lipinski definition) is 4. The monoisotopic (exact) mass is 670 g/mol. The smallest absolute Gasteiger partial charge is 0.410 e. The summed E-state index contributed by atoms with van der Waals surface area (Å²) >= 11 is 0. The van der Waals surface area contributed by atoms with E-state index in [-0.39, 0.29) is 12.2 Å². The van der Waals surface area contributed by atoms with Crippen LogP contribution in [0.15, 0.2) is 11.6 Å². The van der Waals surface area contributed by atoms with E-state index in [0.29, 0.717) is 10.8 Å².